The Morgan fingerprint density at radius 3 is 1.02 bits per heavy atom. The molecule has 0 atom stereocenters. The van der Waals surface area contributed by atoms with Gasteiger partial charge < -0.3 is 4.48 Å². The van der Waals surface area contributed by atoms with Crippen molar-refractivity contribution in [2.24, 2.45) is 0 Å². The number of hydrogen-bond donors (Lipinski definition) is 0. The van der Waals surface area contributed by atoms with Gasteiger partial charge in [0.2, 0.25) is 6.04 Å². The van der Waals surface area contributed by atoms with E-state index in [1.165, 1.54) is 141 Å². The molecule has 0 aliphatic carbocycles. The smallest absolute Gasteiger partial charge is 0.206 e. The lowest BCUT2D eigenvalue weighted by Gasteiger charge is -2.36. The minimum atomic E-state index is -0.474. The van der Waals surface area contributed by atoms with Crippen molar-refractivity contribution in [3.05, 3.63) is 24.3 Å². The standard InChI is InChI=1S/C42H80NO2/c1-6-9-11-13-15-17-19-21-23-25-27-29-31-33-35-37-40(44)42(43(4,5)39-8-3)41(45)38-36-34-32-30-28-26-24-22-20-18-16-14-12-10-7-2/h21-24,42H,6-20,25-39H2,1-5H3/q+1/b23-21-,24-22-. The zero-order valence-electron chi connectivity index (χ0n) is 31.4. The van der Waals surface area contributed by atoms with E-state index in [1.807, 2.05) is 0 Å². The second kappa shape index (κ2) is 32.7. The molecule has 0 heterocycles. The highest BCUT2D eigenvalue weighted by Crippen LogP contribution is 2.19. The predicted octanol–water partition coefficient (Wildman–Crippen LogP) is 13.1. The minimum absolute atomic E-state index is 0.184. The van der Waals surface area contributed by atoms with Gasteiger partial charge in [-0.05, 0) is 70.6 Å². The number of carbonyl (C=O) groups is 2. The van der Waals surface area contributed by atoms with Crippen LogP contribution in [0, 0.1) is 0 Å². The van der Waals surface area contributed by atoms with Crippen LogP contribution in [0.25, 0.3) is 0 Å². The van der Waals surface area contributed by atoms with Crippen LogP contribution in [0.15, 0.2) is 24.3 Å². The van der Waals surface area contributed by atoms with Crippen molar-refractivity contribution in [1.82, 2.24) is 0 Å². The summed E-state index contributed by atoms with van der Waals surface area (Å²) in [5.41, 5.74) is 0. The molecule has 0 aromatic rings. The van der Waals surface area contributed by atoms with Crippen LogP contribution < -0.4 is 0 Å². The van der Waals surface area contributed by atoms with Gasteiger partial charge in [0, 0.05) is 12.8 Å². The third-order valence-electron chi connectivity index (χ3n) is 9.48. The summed E-state index contributed by atoms with van der Waals surface area (Å²) >= 11 is 0. The van der Waals surface area contributed by atoms with Crippen LogP contribution in [0.5, 0.6) is 0 Å². The summed E-state index contributed by atoms with van der Waals surface area (Å²) in [5.74, 6) is 0.368. The first-order valence-corrected chi connectivity index (χ1v) is 20.1. The Balaban J connectivity index is 4.10. The summed E-state index contributed by atoms with van der Waals surface area (Å²) < 4.78 is 0.518. The van der Waals surface area contributed by atoms with Crippen molar-refractivity contribution in [1.29, 1.82) is 0 Å². The molecule has 0 aliphatic heterocycles. The van der Waals surface area contributed by atoms with E-state index < -0.39 is 6.04 Å². The fraction of sp³-hybridized carbons (Fsp3) is 0.857. The molecule has 0 aliphatic rings. The van der Waals surface area contributed by atoms with E-state index in [2.05, 4.69) is 59.2 Å². The van der Waals surface area contributed by atoms with E-state index >= 15 is 0 Å². The maximum atomic E-state index is 13.3. The van der Waals surface area contributed by atoms with Gasteiger partial charge in [-0.3, -0.25) is 9.59 Å². The summed E-state index contributed by atoms with van der Waals surface area (Å²) in [6.07, 6.45) is 44.3. The normalized spacial score (nSPS) is 12.3. The Hall–Kier alpha value is -1.22. The van der Waals surface area contributed by atoms with E-state index in [-0.39, 0.29) is 11.6 Å². The summed E-state index contributed by atoms with van der Waals surface area (Å²) in [5, 5.41) is 0. The van der Waals surface area contributed by atoms with Gasteiger partial charge in [-0.25, -0.2) is 0 Å². The van der Waals surface area contributed by atoms with E-state index in [4.69, 9.17) is 0 Å². The number of unbranched alkanes of at least 4 members (excludes halogenated alkanes) is 22. The van der Waals surface area contributed by atoms with Gasteiger partial charge in [-0.2, -0.15) is 0 Å². The molecule has 0 rings (SSSR count). The maximum Gasteiger partial charge on any atom is 0.206 e. The van der Waals surface area contributed by atoms with Crippen molar-refractivity contribution >= 4 is 11.6 Å². The third kappa shape index (κ3) is 27.6. The summed E-state index contributed by atoms with van der Waals surface area (Å²) in [7, 11) is 4.17. The lowest BCUT2D eigenvalue weighted by Crippen LogP contribution is -2.57. The first kappa shape index (κ1) is 43.8. The molecular formula is C42H80NO2+. The number of carbonyl (C=O) groups excluding carboxylic acids is 2. The lowest BCUT2D eigenvalue weighted by atomic mass is 9.95. The van der Waals surface area contributed by atoms with Crippen LogP contribution in [-0.2, 0) is 9.59 Å². The molecule has 0 aromatic carbocycles. The molecule has 264 valence electrons. The number of Topliss-reactive ketones (excluding diaryl/α,β-unsaturated/α-hetero) is 2. The molecule has 0 saturated heterocycles. The molecule has 0 bridgehead atoms. The Morgan fingerprint density at radius 2 is 0.711 bits per heavy atom. The topological polar surface area (TPSA) is 34.1 Å². The molecule has 0 fully saturated rings. The summed E-state index contributed by atoms with van der Waals surface area (Å²) in [6.45, 7) is 7.58. The fourth-order valence-corrected chi connectivity index (χ4v) is 6.68. The zero-order chi connectivity index (χ0) is 33.3. The zero-order valence-corrected chi connectivity index (χ0v) is 31.4. The van der Waals surface area contributed by atoms with Crippen LogP contribution in [-0.4, -0.2) is 42.7 Å². The van der Waals surface area contributed by atoms with Crippen molar-refractivity contribution in [3.63, 3.8) is 0 Å². The average Bonchev–Trinajstić information content (AvgIpc) is 3.01. The van der Waals surface area contributed by atoms with Crippen LogP contribution in [0.1, 0.15) is 207 Å². The van der Waals surface area contributed by atoms with Crippen LogP contribution >= 0.6 is 0 Å². The summed E-state index contributed by atoms with van der Waals surface area (Å²) in [6, 6.07) is -0.474. The second-order valence-electron chi connectivity index (χ2n) is 14.5. The molecular weight excluding hydrogens is 550 g/mol. The summed E-state index contributed by atoms with van der Waals surface area (Å²) in [4.78, 5) is 26.7. The number of rotatable bonds is 35. The number of nitrogens with zero attached hydrogens (tertiary/aromatic N) is 1. The molecule has 0 unspecified atom stereocenters. The Bertz CT molecular complexity index is 670. The SMILES string of the molecule is CCCCCCCC/C=C\CCCCCCCC(=O)C(C(=O)CCCCCCC/C=C\CCCCCCCC)[N+](C)(C)CCC. The Labute approximate surface area is 283 Å². The molecule has 0 saturated carbocycles. The van der Waals surface area contributed by atoms with Crippen molar-refractivity contribution in [3.8, 4) is 0 Å². The van der Waals surface area contributed by atoms with E-state index in [1.54, 1.807) is 0 Å². The van der Waals surface area contributed by atoms with Gasteiger partial charge in [-0.15, -0.1) is 0 Å². The number of likely N-dealkylation sites (N-methyl/N-ethyl adjacent to an activating group) is 1. The molecule has 3 nitrogen and oxygen atoms in total. The van der Waals surface area contributed by atoms with E-state index in [0.29, 0.717) is 17.3 Å². The maximum absolute atomic E-state index is 13.3. The molecule has 0 N–H and O–H groups in total. The van der Waals surface area contributed by atoms with E-state index in [0.717, 1.165) is 38.6 Å². The number of hydrogen-bond acceptors (Lipinski definition) is 2. The quantitative estimate of drug-likeness (QED) is 0.0302. The number of ketones is 2. The van der Waals surface area contributed by atoms with Gasteiger partial charge in [-0.1, -0.05) is 148 Å². The number of allylic oxidation sites excluding steroid dienone is 4. The first-order chi connectivity index (χ1) is 21.9. The van der Waals surface area contributed by atoms with Crippen LogP contribution in [0.2, 0.25) is 0 Å². The van der Waals surface area contributed by atoms with Crippen molar-refractivity contribution in [2.75, 3.05) is 20.6 Å². The van der Waals surface area contributed by atoms with Crippen LogP contribution in [0.3, 0.4) is 0 Å². The van der Waals surface area contributed by atoms with Crippen LogP contribution in [0.4, 0.5) is 0 Å². The highest BCUT2D eigenvalue weighted by Gasteiger charge is 2.39. The average molecular weight is 631 g/mol. The Morgan fingerprint density at radius 1 is 0.422 bits per heavy atom. The van der Waals surface area contributed by atoms with Gasteiger partial charge in [0.05, 0.1) is 20.6 Å². The predicted molar refractivity (Wildman–Crippen MR) is 200 cm³/mol. The van der Waals surface area contributed by atoms with Gasteiger partial charge >= 0.3 is 0 Å². The first-order valence-electron chi connectivity index (χ1n) is 20.1. The fourth-order valence-electron chi connectivity index (χ4n) is 6.68. The second-order valence-corrected chi connectivity index (χ2v) is 14.5. The van der Waals surface area contributed by atoms with Gasteiger partial charge in [0.15, 0.2) is 11.6 Å². The van der Waals surface area contributed by atoms with Gasteiger partial charge in [0.25, 0.3) is 0 Å². The molecule has 3 heteroatoms. The Kier molecular flexibility index (Phi) is 31.8. The molecule has 0 spiro atoms. The lowest BCUT2D eigenvalue weighted by molar-refractivity contribution is -0.897. The monoisotopic (exact) mass is 631 g/mol. The molecule has 45 heavy (non-hydrogen) atoms. The molecule has 0 radical (unpaired) electrons. The third-order valence-corrected chi connectivity index (χ3v) is 9.48. The largest absolute Gasteiger partial charge is 0.314 e. The molecule has 0 amide bonds. The highest BCUT2D eigenvalue weighted by atomic mass is 16.2. The van der Waals surface area contributed by atoms with E-state index in [9.17, 15) is 9.59 Å². The minimum Gasteiger partial charge on any atom is -0.314 e. The van der Waals surface area contributed by atoms with Crippen molar-refractivity contribution < 1.29 is 14.1 Å². The number of quaternary nitrogens is 1. The van der Waals surface area contributed by atoms with Gasteiger partial charge in [0.1, 0.15) is 0 Å². The highest BCUT2D eigenvalue weighted by molar-refractivity contribution is 6.05. The van der Waals surface area contributed by atoms with Crippen molar-refractivity contribution in [2.45, 2.75) is 213 Å². The molecule has 0 aromatic heterocycles.